The Kier molecular flexibility index (Phi) is 4.29. The van der Waals surface area contributed by atoms with E-state index >= 15 is 0 Å². The highest BCUT2D eigenvalue weighted by Gasteiger charge is 2.22. The number of nitrogens with one attached hydrogen (secondary N) is 1. The van der Waals surface area contributed by atoms with Gasteiger partial charge in [0.25, 0.3) is 0 Å². The molecule has 0 spiro atoms. The lowest BCUT2D eigenvalue weighted by Gasteiger charge is -2.31. The van der Waals surface area contributed by atoms with E-state index in [-0.39, 0.29) is 5.54 Å². The summed E-state index contributed by atoms with van der Waals surface area (Å²) in [6.45, 7) is 11.0. The second kappa shape index (κ2) is 5.08. The van der Waals surface area contributed by atoms with Crippen molar-refractivity contribution in [1.82, 2.24) is 10.3 Å². The molecule has 0 aliphatic rings. The monoisotopic (exact) mass is 226 g/mol. The maximum atomic E-state index is 4.30. The predicted octanol–water partition coefficient (Wildman–Crippen LogP) is 3.68. The Morgan fingerprint density at radius 3 is 2.47 bits per heavy atom. The summed E-state index contributed by atoms with van der Waals surface area (Å²) in [4.78, 5) is 5.63. The summed E-state index contributed by atoms with van der Waals surface area (Å²) in [5, 5.41) is 4.84. The third-order valence-electron chi connectivity index (χ3n) is 3.19. The van der Waals surface area contributed by atoms with Crippen LogP contribution >= 0.6 is 11.3 Å². The summed E-state index contributed by atoms with van der Waals surface area (Å²) in [6, 6.07) is 0.404. The van der Waals surface area contributed by atoms with Crippen LogP contribution in [0.25, 0.3) is 0 Å². The summed E-state index contributed by atoms with van der Waals surface area (Å²) in [5.41, 5.74) is 0.247. The van der Waals surface area contributed by atoms with Crippen molar-refractivity contribution in [2.45, 2.75) is 59.0 Å². The van der Waals surface area contributed by atoms with E-state index in [0.717, 1.165) is 17.8 Å². The normalized spacial score (nSPS) is 14.2. The first-order valence-electron chi connectivity index (χ1n) is 5.70. The molecule has 2 nitrogen and oxygen atoms in total. The molecule has 86 valence electrons. The number of nitrogens with zero attached hydrogens (tertiary/aromatic N) is 1. The second-order valence-corrected chi connectivity index (χ2v) is 5.68. The molecule has 0 amide bonds. The lowest BCUT2D eigenvalue weighted by molar-refractivity contribution is 0.301. The Bertz CT molecular complexity index is 302. The van der Waals surface area contributed by atoms with Crippen molar-refractivity contribution < 1.29 is 0 Å². The zero-order valence-electron chi connectivity index (χ0n) is 10.4. The van der Waals surface area contributed by atoms with Crippen LogP contribution in [0, 0.1) is 6.92 Å². The smallest absolute Gasteiger partial charge is 0.0897 e. The molecule has 1 unspecified atom stereocenters. The van der Waals surface area contributed by atoms with Gasteiger partial charge < -0.3 is 5.32 Å². The molecule has 1 aromatic rings. The van der Waals surface area contributed by atoms with Gasteiger partial charge in [0.2, 0.25) is 0 Å². The van der Waals surface area contributed by atoms with Crippen molar-refractivity contribution in [2.24, 2.45) is 0 Å². The number of rotatable bonds is 5. The van der Waals surface area contributed by atoms with Gasteiger partial charge in [-0.25, -0.2) is 4.98 Å². The van der Waals surface area contributed by atoms with Crippen LogP contribution in [0.2, 0.25) is 0 Å². The van der Waals surface area contributed by atoms with E-state index in [0.29, 0.717) is 6.04 Å². The molecule has 0 saturated carbocycles. The maximum Gasteiger partial charge on any atom is 0.0897 e. The van der Waals surface area contributed by atoms with E-state index in [4.69, 9.17) is 0 Å². The molecule has 0 fully saturated rings. The van der Waals surface area contributed by atoms with Gasteiger partial charge >= 0.3 is 0 Å². The molecule has 1 heterocycles. The van der Waals surface area contributed by atoms with E-state index in [2.05, 4.69) is 44.9 Å². The quantitative estimate of drug-likeness (QED) is 0.828. The fourth-order valence-electron chi connectivity index (χ4n) is 1.63. The van der Waals surface area contributed by atoms with E-state index in [9.17, 15) is 0 Å². The van der Waals surface area contributed by atoms with Crippen LogP contribution in [-0.2, 0) is 0 Å². The second-order valence-electron chi connectivity index (χ2n) is 4.42. The Labute approximate surface area is 97.1 Å². The van der Waals surface area contributed by atoms with Gasteiger partial charge in [0.05, 0.1) is 5.01 Å². The maximum absolute atomic E-state index is 4.30. The summed E-state index contributed by atoms with van der Waals surface area (Å²) in [6.07, 6.45) is 4.31. The van der Waals surface area contributed by atoms with Gasteiger partial charge in [0, 0.05) is 22.7 Å². The van der Waals surface area contributed by atoms with E-state index < -0.39 is 0 Å². The van der Waals surface area contributed by atoms with Crippen LogP contribution < -0.4 is 5.32 Å². The highest BCUT2D eigenvalue weighted by molar-refractivity contribution is 7.11. The highest BCUT2D eigenvalue weighted by Crippen LogP contribution is 2.24. The molecule has 1 rings (SSSR count). The molecular formula is C12H22N2S. The number of aryl methyl sites for hydroxylation is 1. The average molecular weight is 226 g/mol. The molecule has 1 N–H and O–H groups in total. The van der Waals surface area contributed by atoms with E-state index in [1.807, 2.05) is 6.20 Å². The molecular weight excluding hydrogens is 204 g/mol. The summed E-state index contributed by atoms with van der Waals surface area (Å²) >= 11 is 1.78. The van der Waals surface area contributed by atoms with Gasteiger partial charge in [0.15, 0.2) is 0 Å². The number of hydrogen-bond donors (Lipinski definition) is 1. The van der Waals surface area contributed by atoms with Crippen molar-refractivity contribution in [3.05, 3.63) is 16.1 Å². The first-order chi connectivity index (χ1) is 7.00. The zero-order chi connectivity index (χ0) is 11.5. The fraction of sp³-hybridized carbons (Fsp3) is 0.750. The van der Waals surface area contributed by atoms with Crippen LogP contribution in [0.5, 0.6) is 0 Å². The average Bonchev–Trinajstić information content (AvgIpc) is 2.65. The van der Waals surface area contributed by atoms with Crippen molar-refractivity contribution >= 4 is 11.3 Å². The molecule has 0 saturated heterocycles. The molecule has 0 bridgehead atoms. The SMILES string of the molecule is CCC(C)(CC)NC(C)c1cnc(C)s1. The topological polar surface area (TPSA) is 24.9 Å². The molecule has 0 aromatic carbocycles. The molecule has 15 heavy (non-hydrogen) atoms. The first kappa shape index (κ1) is 12.7. The summed E-state index contributed by atoms with van der Waals surface area (Å²) < 4.78 is 0. The number of aromatic nitrogens is 1. The van der Waals surface area contributed by atoms with Crippen LogP contribution in [0.1, 0.15) is 56.5 Å². The number of hydrogen-bond acceptors (Lipinski definition) is 3. The van der Waals surface area contributed by atoms with Crippen LogP contribution in [0.15, 0.2) is 6.20 Å². The third-order valence-corrected chi connectivity index (χ3v) is 4.29. The molecule has 0 aliphatic heterocycles. The van der Waals surface area contributed by atoms with Gasteiger partial charge in [-0.15, -0.1) is 11.3 Å². The van der Waals surface area contributed by atoms with Gasteiger partial charge in [-0.1, -0.05) is 13.8 Å². The largest absolute Gasteiger partial charge is 0.304 e. The highest BCUT2D eigenvalue weighted by atomic mass is 32.1. The Morgan fingerprint density at radius 2 is 2.07 bits per heavy atom. The van der Waals surface area contributed by atoms with Gasteiger partial charge in [0.1, 0.15) is 0 Å². The van der Waals surface area contributed by atoms with Gasteiger partial charge in [-0.3, -0.25) is 0 Å². The van der Waals surface area contributed by atoms with Crippen molar-refractivity contribution in [3.63, 3.8) is 0 Å². The Morgan fingerprint density at radius 1 is 1.47 bits per heavy atom. The van der Waals surface area contributed by atoms with E-state index in [1.54, 1.807) is 11.3 Å². The molecule has 3 heteroatoms. The van der Waals surface area contributed by atoms with E-state index in [1.165, 1.54) is 4.88 Å². The molecule has 0 radical (unpaired) electrons. The minimum Gasteiger partial charge on any atom is -0.304 e. The lowest BCUT2D eigenvalue weighted by Crippen LogP contribution is -2.42. The summed E-state index contributed by atoms with van der Waals surface area (Å²) in [7, 11) is 0. The van der Waals surface area contributed by atoms with Crippen molar-refractivity contribution in [1.29, 1.82) is 0 Å². The van der Waals surface area contributed by atoms with Crippen molar-refractivity contribution in [3.8, 4) is 0 Å². The van der Waals surface area contributed by atoms with Gasteiger partial charge in [-0.2, -0.15) is 0 Å². The third kappa shape index (κ3) is 3.28. The molecule has 1 atom stereocenters. The standard InChI is InChI=1S/C12H22N2S/c1-6-12(5,7-2)14-9(3)11-8-13-10(4)15-11/h8-9,14H,6-7H2,1-5H3. The zero-order valence-corrected chi connectivity index (χ0v) is 11.2. The Hall–Kier alpha value is -0.410. The minimum absolute atomic E-state index is 0.247. The molecule has 0 aliphatic carbocycles. The van der Waals surface area contributed by atoms with Crippen LogP contribution in [-0.4, -0.2) is 10.5 Å². The predicted molar refractivity (Wildman–Crippen MR) is 67.4 cm³/mol. The van der Waals surface area contributed by atoms with Crippen LogP contribution in [0.4, 0.5) is 0 Å². The molecule has 1 aromatic heterocycles. The van der Waals surface area contributed by atoms with Gasteiger partial charge in [-0.05, 0) is 33.6 Å². The lowest BCUT2D eigenvalue weighted by atomic mass is 9.94. The number of thiazole rings is 1. The first-order valence-corrected chi connectivity index (χ1v) is 6.52. The Balaban J connectivity index is 2.66. The fourth-order valence-corrected chi connectivity index (χ4v) is 2.41. The van der Waals surface area contributed by atoms with Crippen LogP contribution in [0.3, 0.4) is 0 Å². The van der Waals surface area contributed by atoms with Crippen molar-refractivity contribution in [2.75, 3.05) is 0 Å². The minimum atomic E-state index is 0.247. The summed E-state index contributed by atoms with van der Waals surface area (Å²) in [5.74, 6) is 0.